The molecule has 2 aromatic rings. The van der Waals surface area contributed by atoms with Crippen LogP contribution < -0.4 is 10.1 Å². The number of hydrogen-bond donors (Lipinski definition) is 1. The lowest BCUT2D eigenvalue weighted by Gasteiger charge is -2.48. The molecule has 0 atom stereocenters. The first kappa shape index (κ1) is 19.6. The average Bonchev–Trinajstić information content (AvgIpc) is 2.74. The molecule has 30 heavy (non-hydrogen) atoms. The molecule has 1 aliphatic carbocycles. The van der Waals surface area contributed by atoms with Crippen molar-refractivity contribution in [3.05, 3.63) is 53.1 Å². The van der Waals surface area contributed by atoms with Gasteiger partial charge in [0.25, 0.3) is 5.91 Å². The number of carbonyl (C=O) groups excluding carboxylic acids is 1. The molecule has 0 unspecified atom stereocenters. The fourth-order valence-electron chi connectivity index (χ4n) is 5.28. The fraction of sp³-hybridized carbons (Fsp3) is 0.500. The van der Waals surface area contributed by atoms with Crippen LogP contribution in [0.3, 0.4) is 0 Å². The molecule has 2 aromatic carbocycles. The minimum atomic E-state index is -0.0363. The molecule has 1 spiro atoms. The number of aryl methyl sites for hydroxylation is 2. The Bertz CT molecular complexity index is 956. The molecule has 0 bridgehead atoms. The number of ether oxygens (including phenoxy) is 1. The van der Waals surface area contributed by atoms with Gasteiger partial charge < -0.3 is 15.0 Å². The van der Waals surface area contributed by atoms with E-state index in [1.54, 1.807) is 7.05 Å². The van der Waals surface area contributed by atoms with E-state index in [-0.39, 0.29) is 11.5 Å². The average molecular weight is 405 g/mol. The second-order valence-electron chi connectivity index (χ2n) is 9.34. The number of nitrogens with zero attached hydrogens (tertiary/aromatic N) is 1. The lowest BCUT2D eigenvalue weighted by Crippen LogP contribution is -2.53. The summed E-state index contributed by atoms with van der Waals surface area (Å²) in [5.41, 5.74) is 5.29. The van der Waals surface area contributed by atoms with Crippen LogP contribution in [0.2, 0.25) is 0 Å². The van der Waals surface area contributed by atoms with Gasteiger partial charge in [-0.25, -0.2) is 0 Å². The molecule has 2 heterocycles. The van der Waals surface area contributed by atoms with Crippen molar-refractivity contribution in [3.63, 3.8) is 0 Å². The van der Waals surface area contributed by atoms with Crippen LogP contribution in [0, 0.1) is 6.92 Å². The van der Waals surface area contributed by atoms with Crippen LogP contribution in [0.15, 0.2) is 36.4 Å². The predicted molar refractivity (Wildman–Crippen MR) is 120 cm³/mol. The maximum atomic E-state index is 12.2. The number of carbonyl (C=O) groups is 1. The first-order chi connectivity index (χ1) is 14.6. The van der Waals surface area contributed by atoms with Crippen LogP contribution >= 0.6 is 0 Å². The van der Waals surface area contributed by atoms with Crippen molar-refractivity contribution in [2.24, 2.45) is 0 Å². The lowest BCUT2D eigenvalue weighted by molar-refractivity contribution is -0.0336. The van der Waals surface area contributed by atoms with Crippen molar-refractivity contribution >= 4 is 5.91 Å². The highest BCUT2D eigenvalue weighted by atomic mass is 16.5. The van der Waals surface area contributed by atoms with E-state index in [4.69, 9.17) is 4.74 Å². The second kappa shape index (κ2) is 7.73. The van der Waals surface area contributed by atoms with E-state index in [1.807, 2.05) is 19.1 Å². The number of hydrogen-bond acceptors (Lipinski definition) is 3. The Hall–Kier alpha value is -2.33. The molecule has 2 aliphatic heterocycles. The van der Waals surface area contributed by atoms with Crippen LogP contribution in [0.1, 0.15) is 60.0 Å². The van der Waals surface area contributed by atoms with Crippen molar-refractivity contribution in [2.75, 3.05) is 20.1 Å². The molecule has 1 N–H and O–H groups in total. The molecule has 4 nitrogen and oxygen atoms in total. The summed E-state index contributed by atoms with van der Waals surface area (Å²) in [6, 6.07) is 13.5. The summed E-state index contributed by atoms with van der Waals surface area (Å²) in [5, 5.41) is 2.74. The summed E-state index contributed by atoms with van der Waals surface area (Å²) in [5.74, 6) is 1.02. The predicted octanol–water partition coefficient (Wildman–Crippen LogP) is 4.73. The zero-order valence-corrected chi connectivity index (χ0v) is 18.2. The van der Waals surface area contributed by atoms with E-state index in [1.165, 1.54) is 37.9 Å². The molecule has 3 aliphatic rings. The third-order valence-corrected chi connectivity index (χ3v) is 7.58. The van der Waals surface area contributed by atoms with Gasteiger partial charge in [-0.1, -0.05) is 24.6 Å². The van der Waals surface area contributed by atoms with Crippen molar-refractivity contribution < 1.29 is 9.53 Å². The van der Waals surface area contributed by atoms with E-state index in [0.717, 1.165) is 59.7 Å². The molecule has 0 aromatic heterocycles. The quantitative estimate of drug-likeness (QED) is 0.804. The number of fused-ring (bicyclic) bond motifs is 1. The van der Waals surface area contributed by atoms with Crippen molar-refractivity contribution in [3.8, 4) is 16.9 Å². The fourth-order valence-corrected chi connectivity index (χ4v) is 5.28. The van der Waals surface area contributed by atoms with Crippen LogP contribution in [-0.2, 0) is 6.42 Å². The Kier molecular flexibility index (Phi) is 5.06. The van der Waals surface area contributed by atoms with Gasteiger partial charge in [0.1, 0.15) is 11.4 Å². The van der Waals surface area contributed by atoms with E-state index in [2.05, 4.69) is 34.5 Å². The normalized spacial score (nSPS) is 20.9. The summed E-state index contributed by atoms with van der Waals surface area (Å²) < 4.78 is 6.64. The summed E-state index contributed by atoms with van der Waals surface area (Å²) >= 11 is 0. The highest BCUT2D eigenvalue weighted by Crippen LogP contribution is 2.42. The molecule has 5 rings (SSSR count). The van der Waals surface area contributed by atoms with Gasteiger partial charge in [-0.2, -0.15) is 0 Å². The van der Waals surface area contributed by atoms with Gasteiger partial charge >= 0.3 is 0 Å². The Morgan fingerprint density at radius 1 is 1.07 bits per heavy atom. The molecule has 4 heteroatoms. The zero-order valence-electron chi connectivity index (χ0n) is 18.2. The minimum Gasteiger partial charge on any atom is -0.487 e. The summed E-state index contributed by atoms with van der Waals surface area (Å²) in [7, 11) is 1.68. The molecule has 1 saturated heterocycles. The van der Waals surface area contributed by atoms with Gasteiger partial charge in [0.2, 0.25) is 0 Å². The second-order valence-corrected chi connectivity index (χ2v) is 9.34. The lowest BCUT2D eigenvalue weighted by atomic mass is 9.81. The van der Waals surface area contributed by atoms with Crippen LogP contribution in [-0.4, -0.2) is 42.6 Å². The number of benzene rings is 2. The Balaban J connectivity index is 1.33. The minimum absolute atomic E-state index is 0.0327. The SMILES string of the molecule is CNC(=O)c1cc(-c2ccc3c(c2)CCC2(CCN(C4CCC4)CC2)O3)ccc1C. The van der Waals surface area contributed by atoms with Gasteiger partial charge in [-0.15, -0.1) is 0 Å². The molecule has 1 saturated carbocycles. The first-order valence-electron chi connectivity index (χ1n) is 11.5. The molecular formula is C26H32N2O2. The standard InChI is InChI=1S/C26H32N2O2/c1-18-6-7-20(17-23(18)25(29)27-2)19-8-9-24-21(16-19)10-11-26(30-24)12-14-28(15-13-26)22-4-3-5-22/h6-9,16-17,22H,3-5,10-15H2,1-2H3,(H,27,29). The van der Waals surface area contributed by atoms with Gasteiger partial charge in [-0.3, -0.25) is 4.79 Å². The number of nitrogens with one attached hydrogen (secondary N) is 1. The smallest absolute Gasteiger partial charge is 0.251 e. The van der Waals surface area contributed by atoms with Crippen LogP contribution in [0.25, 0.3) is 11.1 Å². The summed E-state index contributed by atoms with van der Waals surface area (Å²) in [4.78, 5) is 14.9. The largest absolute Gasteiger partial charge is 0.487 e. The number of rotatable bonds is 3. The Morgan fingerprint density at radius 2 is 1.80 bits per heavy atom. The first-order valence-corrected chi connectivity index (χ1v) is 11.5. The Morgan fingerprint density at radius 3 is 2.50 bits per heavy atom. The highest BCUT2D eigenvalue weighted by Gasteiger charge is 2.41. The Labute approximate surface area is 179 Å². The van der Waals surface area contributed by atoms with Crippen molar-refractivity contribution in [1.29, 1.82) is 0 Å². The van der Waals surface area contributed by atoms with Gasteiger partial charge in [0.05, 0.1) is 0 Å². The van der Waals surface area contributed by atoms with E-state index in [0.29, 0.717) is 0 Å². The molecular weight excluding hydrogens is 372 g/mol. The van der Waals surface area contributed by atoms with E-state index >= 15 is 0 Å². The maximum Gasteiger partial charge on any atom is 0.251 e. The topological polar surface area (TPSA) is 41.6 Å². The van der Waals surface area contributed by atoms with E-state index in [9.17, 15) is 4.79 Å². The highest BCUT2D eigenvalue weighted by molar-refractivity contribution is 5.96. The van der Waals surface area contributed by atoms with Crippen LogP contribution in [0.4, 0.5) is 0 Å². The number of piperidine rings is 1. The third-order valence-electron chi connectivity index (χ3n) is 7.58. The maximum absolute atomic E-state index is 12.2. The van der Waals surface area contributed by atoms with Gasteiger partial charge in [-0.05, 0) is 85.9 Å². The number of likely N-dealkylation sites (tertiary alicyclic amines) is 1. The molecule has 2 fully saturated rings. The van der Waals surface area contributed by atoms with Crippen LogP contribution in [0.5, 0.6) is 5.75 Å². The molecule has 1 amide bonds. The summed E-state index contributed by atoms with van der Waals surface area (Å²) in [6.45, 7) is 4.35. The molecule has 0 radical (unpaired) electrons. The van der Waals surface area contributed by atoms with Crippen molar-refractivity contribution in [2.45, 2.75) is 63.5 Å². The molecule has 158 valence electrons. The van der Waals surface area contributed by atoms with Gasteiger partial charge in [0, 0.05) is 31.7 Å². The summed E-state index contributed by atoms with van der Waals surface area (Å²) in [6.07, 6.45) is 8.67. The number of amides is 1. The van der Waals surface area contributed by atoms with Gasteiger partial charge in [0.15, 0.2) is 0 Å². The zero-order chi connectivity index (χ0) is 20.7. The monoisotopic (exact) mass is 404 g/mol. The van der Waals surface area contributed by atoms with Crippen molar-refractivity contribution in [1.82, 2.24) is 10.2 Å². The third kappa shape index (κ3) is 3.51. The van der Waals surface area contributed by atoms with E-state index < -0.39 is 0 Å².